The normalized spacial score (nSPS) is 10.9. The maximum atomic E-state index is 12.2. The van der Waals surface area contributed by atoms with Crippen molar-refractivity contribution in [3.05, 3.63) is 53.3 Å². The molecule has 0 aliphatic carbocycles. The summed E-state index contributed by atoms with van der Waals surface area (Å²) in [6, 6.07) is 9.44. The van der Waals surface area contributed by atoms with Crippen molar-refractivity contribution >= 4 is 22.9 Å². The number of anilines is 1. The van der Waals surface area contributed by atoms with Crippen molar-refractivity contribution in [2.24, 2.45) is 5.92 Å². The minimum Gasteiger partial charge on any atom is -0.321 e. The fourth-order valence-electron chi connectivity index (χ4n) is 2.28. The van der Waals surface area contributed by atoms with Gasteiger partial charge >= 0.3 is 0 Å². The first-order valence-corrected chi connectivity index (χ1v) is 8.35. The van der Waals surface area contributed by atoms with Crippen LogP contribution in [0.2, 0.25) is 0 Å². The van der Waals surface area contributed by atoms with Crippen LogP contribution in [0.4, 0.5) is 5.69 Å². The van der Waals surface area contributed by atoms with Crippen molar-refractivity contribution in [1.29, 1.82) is 0 Å². The number of benzene rings is 1. The SMILES string of the molecule is CC(C)Cc1cc(C(=O)Nc2ccc(-c3nccs3)cc2)n[nH]1. The highest BCUT2D eigenvalue weighted by molar-refractivity contribution is 7.13. The Morgan fingerprint density at radius 2 is 2.09 bits per heavy atom. The molecule has 6 heteroatoms. The van der Waals surface area contributed by atoms with E-state index in [0.29, 0.717) is 11.6 Å². The Morgan fingerprint density at radius 3 is 2.74 bits per heavy atom. The summed E-state index contributed by atoms with van der Waals surface area (Å²) in [4.78, 5) is 16.5. The van der Waals surface area contributed by atoms with E-state index in [4.69, 9.17) is 0 Å². The van der Waals surface area contributed by atoms with E-state index in [1.165, 1.54) is 0 Å². The number of H-pyrrole nitrogens is 1. The summed E-state index contributed by atoms with van der Waals surface area (Å²) in [5, 5.41) is 12.8. The summed E-state index contributed by atoms with van der Waals surface area (Å²) in [6.45, 7) is 4.26. The van der Waals surface area contributed by atoms with Crippen LogP contribution < -0.4 is 5.32 Å². The second-order valence-electron chi connectivity index (χ2n) is 5.75. The molecule has 0 fully saturated rings. The van der Waals surface area contributed by atoms with Crippen molar-refractivity contribution in [3.8, 4) is 10.6 Å². The number of thiazole rings is 1. The van der Waals surface area contributed by atoms with Crippen LogP contribution in [0.15, 0.2) is 41.9 Å². The van der Waals surface area contributed by atoms with Crippen LogP contribution >= 0.6 is 11.3 Å². The van der Waals surface area contributed by atoms with E-state index in [1.54, 1.807) is 23.6 Å². The number of amides is 1. The van der Waals surface area contributed by atoms with Gasteiger partial charge in [-0.15, -0.1) is 11.3 Å². The van der Waals surface area contributed by atoms with Crippen LogP contribution in [-0.2, 0) is 6.42 Å². The molecule has 2 aromatic heterocycles. The molecular formula is C17H18N4OS. The number of aromatic nitrogens is 3. The van der Waals surface area contributed by atoms with Gasteiger partial charge in [0, 0.05) is 28.5 Å². The largest absolute Gasteiger partial charge is 0.321 e. The minimum atomic E-state index is -0.210. The molecule has 1 amide bonds. The van der Waals surface area contributed by atoms with Crippen LogP contribution in [-0.4, -0.2) is 21.1 Å². The van der Waals surface area contributed by atoms with Crippen molar-refractivity contribution in [2.45, 2.75) is 20.3 Å². The van der Waals surface area contributed by atoms with E-state index in [2.05, 4.69) is 34.3 Å². The molecule has 3 aromatic rings. The van der Waals surface area contributed by atoms with Crippen LogP contribution in [0, 0.1) is 5.92 Å². The summed E-state index contributed by atoms with van der Waals surface area (Å²) >= 11 is 1.59. The summed E-state index contributed by atoms with van der Waals surface area (Å²) in [5.41, 5.74) is 3.16. The predicted octanol–water partition coefficient (Wildman–Crippen LogP) is 3.98. The van der Waals surface area contributed by atoms with Crippen LogP contribution in [0.25, 0.3) is 10.6 Å². The van der Waals surface area contributed by atoms with E-state index >= 15 is 0 Å². The minimum absolute atomic E-state index is 0.210. The quantitative estimate of drug-likeness (QED) is 0.745. The highest BCUT2D eigenvalue weighted by atomic mass is 32.1. The summed E-state index contributed by atoms with van der Waals surface area (Å²) < 4.78 is 0. The van der Waals surface area contributed by atoms with Crippen LogP contribution in [0.5, 0.6) is 0 Å². The Labute approximate surface area is 138 Å². The molecule has 1 aromatic carbocycles. The molecule has 118 valence electrons. The monoisotopic (exact) mass is 326 g/mol. The van der Waals surface area contributed by atoms with Gasteiger partial charge in [-0.25, -0.2) is 4.98 Å². The zero-order chi connectivity index (χ0) is 16.2. The van der Waals surface area contributed by atoms with E-state index in [1.807, 2.05) is 29.6 Å². The molecule has 0 atom stereocenters. The number of aromatic amines is 1. The second-order valence-corrected chi connectivity index (χ2v) is 6.64. The van der Waals surface area contributed by atoms with Crippen molar-refractivity contribution in [3.63, 3.8) is 0 Å². The van der Waals surface area contributed by atoms with Crippen molar-refractivity contribution in [1.82, 2.24) is 15.2 Å². The number of hydrogen-bond acceptors (Lipinski definition) is 4. The van der Waals surface area contributed by atoms with Gasteiger partial charge in [0.15, 0.2) is 5.69 Å². The van der Waals surface area contributed by atoms with Gasteiger partial charge in [0.25, 0.3) is 5.91 Å². The Kier molecular flexibility index (Phi) is 4.52. The Balaban J connectivity index is 1.67. The average Bonchev–Trinajstić information content (AvgIpc) is 3.19. The molecule has 3 rings (SSSR count). The molecule has 0 spiro atoms. The third-order valence-electron chi connectivity index (χ3n) is 3.31. The third-order valence-corrected chi connectivity index (χ3v) is 4.14. The van der Waals surface area contributed by atoms with E-state index in [-0.39, 0.29) is 5.91 Å². The lowest BCUT2D eigenvalue weighted by molar-refractivity contribution is 0.102. The maximum Gasteiger partial charge on any atom is 0.276 e. The molecule has 0 aliphatic heterocycles. The fourth-order valence-corrected chi connectivity index (χ4v) is 2.92. The summed E-state index contributed by atoms with van der Waals surface area (Å²) in [7, 11) is 0. The molecular weight excluding hydrogens is 308 g/mol. The van der Waals surface area contributed by atoms with Crippen LogP contribution in [0.1, 0.15) is 30.0 Å². The number of nitrogens with zero attached hydrogens (tertiary/aromatic N) is 2. The lowest BCUT2D eigenvalue weighted by atomic mass is 10.1. The third kappa shape index (κ3) is 3.84. The molecule has 0 radical (unpaired) electrons. The zero-order valence-electron chi connectivity index (χ0n) is 13.0. The fraction of sp³-hybridized carbons (Fsp3) is 0.235. The number of carbonyl (C=O) groups is 1. The molecule has 5 nitrogen and oxygen atoms in total. The standard InChI is InChI=1S/C17H18N4OS/c1-11(2)9-14-10-15(21-20-14)16(22)19-13-5-3-12(4-6-13)17-18-7-8-23-17/h3-8,10-11H,9H2,1-2H3,(H,19,22)(H,20,21). The van der Waals surface area contributed by atoms with Crippen molar-refractivity contribution < 1.29 is 4.79 Å². The van der Waals surface area contributed by atoms with Gasteiger partial charge in [-0.2, -0.15) is 5.10 Å². The van der Waals surface area contributed by atoms with Gasteiger partial charge in [0.05, 0.1) is 0 Å². The smallest absolute Gasteiger partial charge is 0.276 e. The Hall–Kier alpha value is -2.47. The summed E-state index contributed by atoms with van der Waals surface area (Å²) in [5.74, 6) is 0.308. The van der Waals surface area contributed by atoms with Crippen molar-refractivity contribution in [2.75, 3.05) is 5.32 Å². The van der Waals surface area contributed by atoms with Crippen LogP contribution in [0.3, 0.4) is 0 Å². The topological polar surface area (TPSA) is 70.7 Å². The molecule has 2 N–H and O–H groups in total. The molecule has 23 heavy (non-hydrogen) atoms. The number of nitrogens with one attached hydrogen (secondary N) is 2. The van der Waals surface area contributed by atoms with E-state index in [0.717, 1.165) is 28.4 Å². The van der Waals surface area contributed by atoms with Gasteiger partial charge in [0.2, 0.25) is 0 Å². The predicted molar refractivity (Wildman–Crippen MR) is 92.6 cm³/mol. The maximum absolute atomic E-state index is 12.2. The number of rotatable bonds is 5. The highest BCUT2D eigenvalue weighted by Crippen LogP contribution is 2.23. The van der Waals surface area contributed by atoms with E-state index < -0.39 is 0 Å². The zero-order valence-corrected chi connectivity index (χ0v) is 13.9. The Bertz CT molecular complexity index is 775. The second kappa shape index (κ2) is 6.75. The van der Waals surface area contributed by atoms with Gasteiger partial charge in [-0.1, -0.05) is 13.8 Å². The molecule has 2 heterocycles. The molecule has 0 unspecified atom stereocenters. The lowest BCUT2D eigenvalue weighted by Crippen LogP contribution is -2.12. The average molecular weight is 326 g/mol. The van der Waals surface area contributed by atoms with Gasteiger partial charge in [-0.05, 0) is 42.7 Å². The Morgan fingerprint density at radius 1 is 1.30 bits per heavy atom. The summed E-state index contributed by atoms with van der Waals surface area (Å²) in [6.07, 6.45) is 2.66. The van der Waals surface area contributed by atoms with Gasteiger partial charge < -0.3 is 5.32 Å². The molecule has 0 bridgehead atoms. The highest BCUT2D eigenvalue weighted by Gasteiger charge is 2.11. The van der Waals surface area contributed by atoms with Gasteiger partial charge in [0.1, 0.15) is 5.01 Å². The molecule has 0 saturated carbocycles. The lowest BCUT2D eigenvalue weighted by Gasteiger charge is -2.04. The number of carbonyl (C=O) groups excluding carboxylic acids is 1. The first-order chi connectivity index (χ1) is 11.1. The first-order valence-electron chi connectivity index (χ1n) is 7.47. The van der Waals surface area contributed by atoms with E-state index in [9.17, 15) is 4.79 Å². The van der Waals surface area contributed by atoms with Gasteiger partial charge in [-0.3, -0.25) is 9.89 Å². The molecule has 0 saturated heterocycles. The first kappa shape index (κ1) is 15.4. The number of hydrogen-bond donors (Lipinski definition) is 2. The molecule has 0 aliphatic rings.